The van der Waals surface area contributed by atoms with Crippen molar-refractivity contribution in [3.63, 3.8) is 0 Å². The summed E-state index contributed by atoms with van der Waals surface area (Å²) < 4.78 is 23.8. The molecule has 0 amide bonds. The van der Waals surface area contributed by atoms with Crippen LogP contribution in [0.4, 0.5) is 10.7 Å². The minimum absolute atomic E-state index is 0.203. The van der Waals surface area contributed by atoms with Crippen LogP contribution in [-0.4, -0.2) is 48.8 Å². The van der Waals surface area contributed by atoms with Crippen LogP contribution in [0.2, 0.25) is 0 Å². The van der Waals surface area contributed by atoms with Crippen LogP contribution in [0.5, 0.6) is 0 Å². The zero-order chi connectivity index (χ0) is 15.8. The van der Waals surface area contributed by atoms with Gasteiger partial charge in [-0.05, 0) is 6.92 Å². The van der Waals surface area contributed by atoms with Gasteiger partial charge in [-0.2, -0.15) is 11.8 Å². The van der Waals surface area contributed by atoms with Gasteiger partial charge in [0.25, 0.3) is 0 Å². The quantitative estimate of drug-likeness (QED) is 0.464. The zero-order valence-corrected chi connectivity index (χ0v) is 13.9. The number of hydrogen-bond acceptors (Lipinski definition) is 8. The molecule has 2 rings (SSSR count). The van der Waals surface area contributed by atoms with Crippen LogP contribution in [0.15, 0.2) is 6.07 Å². The maximum atomic E-state index is 11.9. The Morgan fingerprint density at radius 1 is 1.52 bits per heavy atom. The van der Waals surface area contributed by atoms with Crippen molar-refractivity contribution < 1.29 is 18.1 Å². The molecule has 0 N–H and O–H groups in total. The molecule has 0 aliphatic carbocycles. The third kappa shape index (κ3) is 3.38. The maximum Gasteiger partial charge on any atom is 0.304 e. The molecule has 1 atom stereocenters. The summed E-state index contributed by atoms with van der Waals surface area (Å²) in [4.78, 5) is 23.9. The van der Waals surface area contributed by atoms with Crippen molar-refractivity contribution >= 4 is 49.4 Å². The fourth-order valence-electron chi connectivity index (χ4n) is 2.05. The first kappa shape index (κ1) is 16.2. The normalized spacial score (nSPS) is 19.5. The number of nitro groups is 1. The number of carbonyl (C=O) groups is 1. The number of hydrogen-bond donors (Lipinski definition) is 0. The van der Waals surface area contributed by atoms with E-state index in [-0.39, 0.29) is 21.3 Å². The molecule has 10 heteroatoms. The molecule has 1 saturated heterocycles. The number of Topliss-reactive ketones (excluding diaryl/α,β-unsaturated/α-hetero) is 1. The summed E-state index contributed by atoms with van der Waals surface area (Å²) in [6.07, 6.45) is 1.13. The molecule has 21 heavy (non-hydrogen) atoms. The van der Waals surface area contributed by atoms with E-state index in [0.29, 0.717) is 18.1 Å². The Labute approximate surface area is 130 Å². The summed E-state index contributed by atoms with van der Waals surface area (Å²) in [5, 5.41) is 10.6. The highest BCUT2D eigenvalue weighted by Crippen LogP contribution is 2.41. The van der Waals surface area contributed by atoms with Crippen molar-refractivity contribution in [1.82, 2.24) is 0 Å². The van der Waals surface area contributed by atoms with Gasteiger partial charge in [-0.15, -0.1) is 11.3 Å². The molecule has 1 unspecified atom stereocenters. The fourth-order valence-corrected chi connectivity index (χ4v) is 6.04. The summed E-state index contributed by atoms with van der Waals surface area (Å²) >= 11 is 2.49. The maximum absolute atomic E-state index is 11.9. The summed E-state index contributed by atoms with van der Waals surface area (Å²) in [6.45, 7) is 1.74. The van der Waals surface area contributed by atoms with Gasteiger partial charge in [0.1, 0.15) is 5.37 Å². The molecule has 2 heterocycles. The Balaban J connectivity index is 2.52. The van der Waals surface area contributed by atoms with E-state index in [1.807, 2.05) is 0 Å². The van der Waals surface area contributed by atoms with Gasteiger partial charge in [0.15, 0.2) is 20.6 Å². The average molecular weight is 350 g/mol. The van der Waals surface area contributed by atoms with E-state index in [1.54, 1.807) is 4.90 Å². The number of carbonyl (C=O) groups excluding carboxylic acids is 1. The summed E-state index contributed by atoms with van der Waals surface area (Å²) in [5.74, 6) is 0.788. The third-order valence-electron chi connectivity index (χ3n) is 3.08. The van der Waals surface area contributed by atoms with E-state index in [1.165, 1.54) is 24.8 Å². The number of thioether (sulfide) groups is 1. The molecule has 116 valence electrons. The highest BCUT2D eigenvalue weighted by molar-refractivity contribution is 8.01. The van der Waals surface area contributed by atoms with E-state index in [4.69, 9.17) is 0 Å². The Morgan fingerprint density at radius 3 is 2.71 bits per heavy atom. The first-order valence-electron chi connectivity index (χ1n) is 6.04. The molecule has 7 nitrogen and oxygen atoms in total. The molecule has 1 fully saturated rings. The van der Waals surface area contributed by atoms with Crippen molar-refractivity contribution in [1.29, 1.82) is 0 Å². The zero-order valence-electron chi connectivity index (χ0n) is 11.4. The number of anilines is 1. The lowest BCUT2D eigenvalue weighted by atomic mass is 10.3. The minimum Gasteiger partial charge on any atom is -0.339 e. The Bertz CT molecular complexity index is 682. The second-order valence-electron chi connectivity index (χ2n) is 4.67. The van der Waals surface area contributed by atoms with E-state index in [0.717, 1.165) is 17.6 Å². The first-order valence-corrected chi connectivity index (χ1v) is 9.97. The molecule has 1 aliphatic rings. The van der Waals surface area contributed by atoms with Crippen molar-refractivity contribution in [2.75, 3.05) is 29.2 Å². The Kier molecular flexibility index (Phi) is 4.59. The topological polar surface area (TPSA) is 97.6 Å². The standard InChI is InChI=1S/C11H14N2O5S3/c1-7(14)9-5-8(13(15)16)11(20-9)12-3-4-19-6-10(12)21(2,17)18/h5,10H,3-4,6H2,1-2H3. The number of nitrogens with zero attached hydrogens (tertiary/aromatic N) is 2. The van der Waals surface area contributed by atoms with Crippen molar-refractivity contribution in [2.24, 2.45) is 0 Å². The molecule has 0 aromatic carbocycles. The molecular formula is C11H14N2O5S3. The van der Waals surface area contributed by atoms with Gasteiger partial charge in [-0.3, -0.25) is 14.9 Å². The van der Waals surface area contributed by atoms with Gasteiger partial charge in [0.05, 0.1) is 9.80 Å². The van der Waals surface area contributed by atoms with Gasteiger partial charge >= 0.3 is 5.69 Å². The van der Waals surface area contributed by atoms with Crippen LogP contribution in [0, 0.1) is 10.1 Å². The van der Waals surface area contributed by atoms with Crippen molar-refractivity contribution in [2.45, 2.75) is 12.3 Å². The SMILES string of the molecule is CC(=O)c1cc([N+](=O)[O-])c(N2CCSCC2S(C)(=O)=O)s1. The van der Waals surface area contributed by atoms with Crippen LogP contribution in [-0.2, 0) is 9.84 Å². The predicted octanol–water partition coefficient (Wildman–Crippen LogP) is 1.78. The molecule has 0 saturated carbocycles. The minimum atomic E-state index is -3.37. The molecule has 1 aliphatic heterocycles. The number of rotatable bonds is 4. The van der Waals surface area contributed by atoms with Gasteiger partial charge < -0.3 is 4.90 Å². The number of thiophene rings is 1. The van der Waals surface area contributed by atoms with Gasteiger partial charge in [-0.1, -0.05) is 0 Å². The molecule has 0 spiro atoms. The second kappa shape index (κ2) is 5.93. The highest BCUT2D eigenvalue weighted by Gasteiger charge is 2.36. The number of ketones is 1. The van der Waals surface area contributed by atoms with Crippen LogP contribution in [0.25, 0.3) is 0 Å². The molecular weight excluding hydrogens is 336 g/mol. The lowest BCUT2D eigenvalue weighted by Crippen LogP contribution is -2.46. The van der Waals surface area contributed by atoms with Crippen molar-refractivity contribution in [3.8, 4) is 0 Å². The van der Waals surface area contributed by atoms with Crippen LogP contribution >= 0.6 is 23.1 Å². The molecule has 1 aromatic heterocycles. The van der Waals surface area contributed by atoms with E-state index >= 15 is 0 Å². The monoisotopic (exact) mass is 350 g/mol. The highest BCUT2D eigenvalue weighted by atomic mass is 32.2. The summed E-state index contributed by atoms with van der Waals surface area (Å²) in [5.41, 5.74) is -0.203. The van der Waals surface area contributed by atoms with E-state index in [2.05, 4.69) is 0 Å². The van der Waals surface area contributed by atoms with Crippen LogP contribution in [0.3, 0.4) is 0 Å². The molecule has 1 aromatic rings. The second-order valence-corrected chi connectivity index (χ2v) is 9.05. The van der Waals surface area contributed by atoms with Crippen LogP contribution < -0.4 is 4.90 Å². The van der Waals surface area contributed by atoms with E-state index < -0.39 is 20.1 Å². The van der Waals surface area contributed by atoms with Gasteiger partial charge in [0, 0.05) is 30.4 Å². The Morgan fingerprint density at radius 2 is 2.19 bits per heavy atom. The lowest BCUT2D eigenvalue weighted by Gasteiger charge is -2.34. The first-order chi connectivity index (χ1) is 9.71. The summed E-state index contributed by atoms with van der Waals surface area (Å²) in [7, 11) is -3.37. The third-order valence-corrected chi connectivity index (χ3v) is 6.98. The van der Waals surface area contributed by atoms with Crippen molar-refractivity contribution in [3.05, 3.63) is 21.1 Å². The molecule has 0 bridgehead atoms. The fraction of sp³-hybridized carbons (Fsp3) is 0.545. The predicted molar refractivity (Wildman–Crippen MR) is 84.3 cm³/mol. The molecule has 0 radical (unpaired) electrons. The Hall–Kier alpha value is -1.13. The lowest BCUT2D eigenvalue weighted by molar-refractivity contribution is -0.383. The summed E-state index contributed by atoms with van der Waals surface area (Å²) in [6, 6.07) is 1.23. The van der Waals surface area contributed by atoms with Crippen LogP contribution in [0.1, 0.15) is 16.6 Å². The smallest absolute Gasteiger partial charge is 0.304 e. The number of sulfone groups is 1. The van der Waals surface area contributed by atoms with E-state index in [9.17, 15) is 23.3 Å². The van der Waals surface area contributed by atoms with Gasteiger partial charge in [-0.25, -0.2) is 8.42 Å². The largest absolute Gasteiger partial charge is 0.339 e. The average Bonchev–Trinajstić information content (AvgIpc) is 2.83. The van der Waals surface area contributed by atoms with Gasteiger partial charge in [0.2, 0.25) is 0 Å².